The largest absolute Gasteiger partial charge is 0.309 e. The molecule has 0 amide bonds. The average molecular weight is 673 g/mol. The van der Waals surface area contributed by atoms with Crippen molar-refractivity contribution in [1.29, 1.82) is 0 Å². The van der Waals surface area contributed by atoms with Crippen molar-refractivity contribution in [2.75, 3.05) is 4.90 Å². The molecule has 0 unspecified atom stereocenters. The molecule has 50 heavy (non-hydrogen) atoms. The summed E-state index contributed by atoms with van der Waals surface area (Å²) in [5, 5.41) is 10.2. The molecule has 4 heteroatoms. The van der Waals surface area contributed by atoms with Crippen molar-refractivity contribution in [3.8, 4) is 5.69 Å². The minimum atomic E-state index is 1.15. The number of anilines is 3. The zero-order valence-electron chi connectivity index (χ0n) is 26.9. The van der Waals surface area contributed by atoms with Crippen LogP contribution < -0.4 is 4.90 Å². The molecule has 0 fully saturated rings. The van der Waals surface area contributed by atoms with Gasteiger partial charge in [-0.05, 0) is 83.6 Å². The van der Waals surface area contributed by atoms with E-state index in [-0.39, 0.29) is 0 Å². The maximum atomic E-state index is 2.53. The summed E-state index contributed by atoms with van der Waals surface area (Å²) >= 11 is 3.75. The maximum Gasteiger partial charge on any atom is 0.0562 e. The Hall–Kier alpha value is -5.94. The number of rotatable bonds is 4. The van der Waals surface area contributed by atoms with E-state index in [9.17, 15) is 0 Å². The molecule has 0 atom stereocenters. The topological polar surface area (TPSA) is 8.17 Å². The van der Waals surface area contributed by atoms with Crippen LogP contribution in [0.25, 0.3) is 78.6 Å². The lowest BCUT2D eigenvalue weighted by Crippen LogP contribution is -2.11. The van der Waals surface area contributed by atoms with Gasteiger partial charge >= 0.3 is 0 Å². The van der Waals surface area contributed by atoms with E-state index in [1.54, 1.807) is 0 Å². The molecule has 0 aliphatic carbocycles. The molecular formula is C46H28N2S2. The molecule has 11 aromatic rings. The Morgan fingerprint density at radius 1 is 0.380 bits per heavy atom. The van der Waals surface area contributed by atoms with Crippen LogP contribution >= 0.6 is 22.7 Å². The number of benzene rings is 8. The summed E-state index contributed by atoms with van der Waals surface area (Å²) in [6, 6.07) is 62.5. The van der Waals surface area contributed by atoms with Gasteiger partial charge in [-0.15, -0.1) is 22.7 Å². The van der Waals surface area contributed by atoms with E-state index in [0.717, 1.165) is 17.1 Å². The van der Waals surface area contributed by atoms with Crippen molar-refractivity contribution in [3.63, 3.8) is 0 Å². The van der Waals surface area contributed by atoms with E-state index in [1.165, 1.54) is 78.6 Å². The molecule has 0 aliphatic heterocycles. The van der Waals surface area contributed by atoms with Crippen LogP contribution in [0.2, 0.25) is 0 Å². The quantitative estimate of drug-likeness (QED) is 0.181. The van der Waals surface area contributed by atoms with Crippen LogP contribution in [-0.4, -0.2) is 4.57 Å². The first-order chi connectivity index (χ1) is 24.8. The van der Waals surface area contributed by atoms with Crippen LogP contribution in [0.3, 0.4) is 0 Å². The van der Waals surface area contributed by atoms with E-state index in [1.807, 2.05) is 22.7 Å². The molecule has 3 heterocycles. The second-order valence-electron chi connectivity index (χ2n) is 12.9. The Labute approximate surface area is 296 Å². The Morgan fingerprint density at radius 2 is 0.960 bits per heavy atom. The molecule has 234 valence electrons. The number of hydrogen-bond donors (Lipinski definition) is 0. The van der Waals surface area contributed by atoms with Gasteiger partial charge < -0.3 is 9.47 Å². The number of hydrogen-bond acceptors (Lipinski definition) is 3. The minimum absolute atomic E-state index is 1.15. The molecule has 11 rings (SSSR count). The molecule has 0 bridgehead atoms. The predicted octanol–water partition coefficient (Wildman–Crippen LogP) is 14.1. The summed E-state index contributed by atoms with van der Waals surface area (Å²) in [5.74, 6) is 0. The zero-order chi connectivity index (χ0) is 32.8. The molecule has 2 nitrogen and oxygen atoms in total. The first-order valence-corrected chi connectivity index (χ1v) is 18.6. The lowest BCUT2D eigenvalue weighted by Gasteiger charge is -2.28. The molecule has 0 saturated carbocycles. The first kappa shape index (κ1) is 28.0. The van der Waals surface area contributed by atoms with Crippen LogP contribution in [0, 0.1) is 0 Å². The van der Waals surface area contributed by atoms with E-state index < -0.39 is 0 Å². The summed E-state index contributed by atoms with van der Waals surface area (Å²) < 4.78 is 7.65. The highest BCUT2D eigenvalue weighted by molar-refractivity contribution is 7.26. The van der Waals surface area contributed by atoms with Gasteiger partial charge in [-0.2, -0.15) is 0 Å². The molecule has 3 aromatic heterocycles. The first-order valence-electron chi connectivity index (χ1n) is 16.9. The van der Waals surface area contributed by atoms with Gasteiger partial charge in [0.05, 0.1) is 22.4 Å². The fourth-order valence-corrected chi connectivity index (χ4v) is 10.3. The standard InChI is InChI=1S/C46H28N2S2/c1-2-12-30(13-3-1)47-36-17-7-4-14-32(36)45-37(47)18-10-19-38(45)48(39-20-11-23-42-46(39)34-16-6-9-22-41(34)49-42)31-26-24-29-25-27-43-44(35(29)28-31)33-15-5-8-21-40(33)50-43/h1-28H. The second-order valence-corrected chi connectivity index (χ2v) is 15.1. The fourth-order valence-electron chi connectivity index (χ4n) is 8.06. The van der Waals surface area contributed by atoms with E-state index in [4.69, 9.17) is 0 Å². The van der Waals surface area contributed by atoms with Gasteiger partial charge in [0.2, 0.25) is 0 Å². The highest BCUT2D eigenvalue weighted by atomic mass is 32.1. The Morgan fingerprint density at radius 3 is 1.76 bits per heavy atom. The van der Waals surface area contributed by atoms with Gasteiger partial charge in [0.25, 0.3) is 0 Å². The van der Waals surface area contributed by atoms with Gasteiger partial charge in [-0.1, -0.05) is 97.1 Å². The smallest absolute Gasteiger partial charge is 0.0562 e. The summed E-state index contributed by atoms with van der Waals surface area (Å²) in [4.78, 5) is 2.53. The fraction of sp³-hybridized carbons (Fsp3) is 0. The lowest BCUT2D eigenvalue weighted by molar-refractivity contribution is 1.18. The lowest BCUT2D eigenvalue weighted by atomic mass is 10.0. The summed E-state index contributed by atoms with van der Waals surface area (Å²) in [5.41, 5.74) is 7.04. The zero-order valence-corrected chi connectivity index (χ0v) is 28.5. The summed E-state index contributed by atoms with van der Waals surface area (Å²) in [6.07, 6.45) is 0. The molecular weight excluding hydrogens is 645 g/mol. The Bertz CT molecular complexity index is 3110. The summed E-state index contributed by atoms with van der Waals surface area (Å²) in [6.45, 7) is 0. The average Bonchev–Trinajstić information content (AvgIpc) is 3.85. The number of fused-ring (bicyclic) bond motifs is 11. The molecule has 0 spiro atoms. The van der Waals surface area contributed by atoms with Gasteiger partial charge in [-0.3, -0.25) is 0 Å². The highest BCUT2D eigenvalue weighted by Crippen LogP contribution is 2.49. The van der Waals surface area contributed by atoms with Crippen LogP contribution in [0.5, 0.6) is 0 Å². The third kappa shape index (κ3) is 4.01. The SMILES string of the molecule is c1ccc(-n2c3ccccc3c3c(N(c4ccc5ccc6sc7ccccc7c6c5c4)c4cccc5sc6ccccc6c45)cccc32)cc1. The number of para-hydroxylation sites is 2. The van der Waals surface area contributed by atoms with Gasteiger partial charge in [0, 0.05) is 62.5 Å². The Balaban J connectivity index is 1.29. The molecule has 8 aromatic carbocycles. The Kier molecular flexibility index (Phi) is 6.03. The van der Waals surface area contributed by atoms with Crippen LogP contribution in [0.4, 0.5) is 17.1 Å². The van der Waals surface area contributed by atoms with Crippen molar-refractivity contribution in [2.24, 2.45) is 0 Å². The van der Waals surface area contributed by atoms with Crippen molar-refractivity contribution in [3.05, 3.63) is 170 Å². The third-order valence-corrected chi connectivity index (χ3v) is 12.4. The van der Waals surface area contributed by atoms with Crippen molar-refractivity contribution < 1.29 is 0 Å². The minimum Gasteiger partial charge on any atom is -0.309 e. The van der Waals surface area contributed by atoms with Crippen molar-refractivity contribution in [1.82, 2.24) is 4.57 Å². The van der Waals surface area contributed by atoms with E-state index >= 15 is 0 Å². The van der Waals surface area contributed by atoms with Crippen molar-refractivity contribution >= 4 is 113 Å². The van der Waals surface area contributed by atoms with Crippen LogP contribution in [-0.2, 0) is 0 Å². The third-order valence-electron chi connectivity index (χ3n) is 10.2. The second kappa shape index (κ2) is 10.8. The van der Waals surface area contributed by atoms with Gasteiger partial charge in [0.1, 0.15) is 0 Å². The molecule has 0 radical (unpaired) electrons. The van der Waals surface area contributed by atoms with E-state index in [0.29, 0.717) is 0 Å². The highest BCUT2D eigenvalue weighted by Gasteiger charge is 2.24. The number of thiophene rings is 2. The van der Waals surface area contributed by atoms with Gasteiger partial charge in [-0.25, -0.2) is 0 Å². The molecule has 0 saturated heterocycles. The van der Waals surface area contributed by atoms with Gasteiger partial charge in [0.15, 0.2) is 0 Å². The van der Waals surface area contributed by atoms with Crippen LogP contribution in [0.1, 0.15) is 0 Å². The number of nitrogens with zero attached hydrogens (tertiary/aromatic N) is 2. The maximum absolute atomic E-state index is 2.53. The monoisotopic (exact) mass is 672 g/mol. The van der Waals surface area contributed by atoms with Crippen LogP contribution in [0.15, 0.2) is 170 Å². The predicted molar refractivity (Wildman–Crippen MR) is 219 cm³/mol. The summed E-state index contributed by atoms with van der Waals surface area (Å²) in [7, 11) is 0. The van der Waals surface area contributed by atoms with Crippen molar-refractivity contribution in [2.45, 2.75) is 0 Å². The van der Waals surface area contributed by atoms with E-state index in [2.05, 4.69) is 179 Å². The normalized spacial score (nSPS) is 12.0. The number of aromatic nitrogens is 1. The molecule has 0 aliphatic rings. The molecule has 0 N–H and O–H groups in total.